The molecule has 0 bridgehead atoms. The highest BCUT2D eigenvalue weighted by molar-refractivity contribution is 5.67. The van der Waals surface area contributed by atoms with Crippen molar-refractivity contribution in [2.75, 3.05) is 10.6 Å². The van der Waals surface area contributed by atoms with Crippen molar-refractivity contribution in [3.63, 3.8) is 0 Å². The van der Waals surface area contributed by atoms with Crippen molar-refractivity contribution in [3.05, 3.63) is 60.4 Å². The van der Waals surface area contributed by atoms with E-state index in [0.717, 1.165) is 18.4 Å². The van der Waals surface area contributed by atoms with Gasteiger partial charge < -0.3 is 10.6 Å². The minimum absolute atomic E-state index is 0.234. The lowest BCUT2D eigenvalue weighted by molar-refractivity contribution is 0.461. The summed E-state index contributed by atoms with van der Waals surface area (Å²) in [6.45, 7) is 0. The van der Waals surface area contributed by atoms with Crippen LogP contribution in [0.1, 0.15) is 32.1 Å². The molecule has 144 valence electrons. The fourth-order valence-corrected chi connectivity index (χ4v) is 3.41. The maximum atomic E-state index is 14.1. The summed E-state index contributed by atoms with van der Waals surface area (Å²) >= 11 is 0. The van der Waals surface area contributed by atoms with E-state index in [0.29, 0.717) is 23.5 Å². The van der Waals surface area contributed by atoms with Crippen LogP contribution in [0.2, 0.25) is 0 Å². The molecule has 0 radical (unpaired) electrons. The molecule has 0 spiro atoms. The van der Waals surface area contributed by atoms with Gasteiger partial charge in [-0.2, -0.15) is 4.98 Å². The molecule has 2 heterocycles. The highest BCUT2D eigenvalue weighted by Crippen LogP contribution is 2.27. The van der Waals surface area contributed by atoms with Crippen LogP contribution in [0.25, 0.3) is 11.3 Å². The molecule has 1 aliphatic carbocycles. The second kappa shape index (κ2) is 8.29. The maximum Gasteiger partial charge on any atom is 0.225 e. The van der Waals surface area contributed by atoms with Gasteiger partial charge >= 0.3 is 0 Å². The zero-order chi connectivity index (χ0) is 19.3. The largest absolute Gasteiger partial charge is 0.351 e. The number of para-hydroxylation sites is 1. The molecule has 1 aliphatic rings. The Balaban J connectivity index is 1.69. The first kappa shape index (κ1) is 18.3. The predicted octanol–water partition coefficient (Wildman–Crippen LogP) is 5.31. The van der Waals surface area contributed by atoms with Crippen molar-refractivity contribution in [2.45, 2.75) is 38.1 Å². The van der Waals surface area contributed by atoms with Crippen LogP contribution >= 0.6 is 0 Å². The predicted molar refractivity (Wildman–Crippen MR) is 105 cm³/mol. The van der Waals surface area contributed by atoms with Crippen LogP contribution in [-0.2, 0) is 0 Å². The second-order valence-electron chi connectivity index (χ2n) is 6.90. The third-order valence-corrected chi connectivity index (χ3v) is 4.84. The van der Waals surface area contributed by atoms with Crippen LogP contribution in [0.4, 0.5) is 26.2 Å². The number of nitrogens with zero attached hydrogens (tertiary/aromatic N) is 3. The topological polar surface area (TPSA) is 62.7 Å². The van der Waals surface area contributed by atoms with Gasteiger partial charge in [0, 0.05) is 30.1 Å². The average Bonchev–Trinajstić information content (AvgIpc) is 2.72. The van der Waals surface area contributed by atoms with Crippen LogP contribution < -0.4 is 10.6 Å². The first-order valence-corrected chi connectivity index (χ1v) is 9.46. The van der Waals surface area contributed by atoms with Crippen molar-refractivity contribution in [3.8, 4) is 11.3 Å². The Morgan fingerprint density at radius 1 is 0.929 bits per heavy atom. The maximum absolute atomic E-state index is 14.1. The number of benzene rings is 1. The van der Waals surface area contributed by atoms with Crippen molar-refractivity contribution in [1.82, 2.24) is 15.0 Å². The van der Waals surface area contributed by atoms with Gasteiger partial charge in [0.15, 0.2) is 0 Å². The molecule has 5 nitrogen and oxygen atoms in total. The van der Waals surface area contributed by atoms with Gasteiger partial charge in [-0.15, -0.1) is 0 Å². The van der Waals surface area contributed by atoms with Gasteiger partial charge in [-0.1, -0.05) is 25.3 Å². The Bertz CT molecular complexity index is 923. The van der Waals surface area contributed by atoms with Crippen molar-refractivity contribution < 1.29 is 8.78 Å². The van der Waals surface area contributed by atoms with E-state index in [4.69, 9.17) is 0 Å². The Kier molecular flexibility index (Phi) is 5.41. The molecule has 0 unspecified atom stereocenters. The molecule has 2 aromatic heterocycles. The van der Waals surface area contributed by atoms with E-state index in [9.17, 15) is 8.78 Å². The molecular weight excluding hydrogens is 360 g/mol. The standard InChI is InChI=1S/C21H21F2N5/c22-16-9-4-10-17(23)20(16)27-19-12-18(14-6-5-11-24-13-14)26-21(28-19)25-15-7-2-1-3-8-15/h4-6,9-13,15H,1-3,7-8H2,(H2,25,26,27,28). The normalized spacial score (nSPS) is 14.6. The van der Waals surface area contributed by atoms with Crippen LogP contribution in [0.3, 0.4) is 0 Å². The molecule has 0 saturated heterocycles. The molecule has 7 heteroatoms. The van der Waals surface area contributed by atoms with Crippen molar-refractivity contribution >= 4 is 17.5 Å². The summed E-state index contributed by atoms with van der Waals surface area (Å²) in [7, 11) is 0. The number of hydrogen-bond acceptors (Lipinski definition) is 5. The van der Waals surface area contributed by atoms with Crippen molar-refractivity contribution in [2.24, 2.45) is 0 Å². The molecule has 1 fully saturated rings. The summed E-state index contributed by atoms with van der Waals surface area (Å²) in [6.07, 6.45) is 9.08. The highest BCUT2D eigenvalue weighted by atomic mass is 19.1. The number of anilines is 3. The van der Waals surface area contributed by atoms with Crippen LogP contribution in [0.5, 0.6) is 0 Å². The first-order chi connectivity index (χ1) is 13.7. The third kappa shape index (κ3) is 4.24. The average molecular weight is 381 g/mol. The molecule has 1 saturated carbocycles. The lowest BCUT2D eigenvalue weighted by atomic mass is 9.96. The summed E-state index contributed by atoms with van der Waals surface area (Å²) < 4.78 is 28.1. The Hall–Kier alpha value is -3.09. The first-order valence-electron chi connectivity index (χ1n) is 9.46. The third-order valence-electron chi connectivity index (χ3n) is 4.84. The Morgan fingerprint density at radius 3 is 2.43 bits per heavy atom. The van der Waals surface area contributed by atoms with Gasteiger partial charge in [-0.05, 0) is 37.1 Å². The number of halogens is 2. The molecule has 28 heavy (non-hydrogen) atoms. The molecule has 4 rings (SSSR count). The van der Waals surface area contributed by atoms with Gasteiger partial charge in [0.1, 0.15) is 23.1 Å². The number of hydrogen-bond donors (Lipinski definition) is 2. The van der Waals surface area contributed by atoms with E-state index in [-0.39, 0.29) is 5.69 Å². The number of pyridine rings is 1. The molecule has 2 N–H and O–H groups in total. The Morgan fingerprint density at radius 2 is 1.71 bits per heavy atom. The van der Waals surface area contributed by atoms with Crippen LogP contribution in [-0.4, -0.2) is 21.0 Å². The van der Waals surface area contributed by atoms with Gasteiger partial charge in [-0.25, -0.2) is 13.8 Å². The molecule has 0 aliphatic heterocycles. The van der Waals surface area contributed by atoms with Crippen LogP contribution in [0.15, 0.2) is 48.8 Å². The molecule has 0 amide bonds. The zero-order valence-electron chi connectivity index (χ0n) is 15.3. The van der Waals surface area contributed by atoms with E-state index in [1.54, 1.807) is 18.5 Å². The van der Waals surface area contributed by atoms with Gasteiger partial charge in [0.2, 0.25) is 5.95 Å². The lowest BCUT2D eigenvalue weighted by Crippen LogP contribution is -2.23. The molecule has 3 aromatic rings. The van der Waals surface area contributed by atoms with Crippen LogP contribution in [0, 0.1) is 11.6 Å². The smallest absolute Gasteiger partial charge is 0.225 e. The summed E-state index contributed by atoms with van der Waals surface area (Å²) in [6, 6.07) is 9.40. The van der Waals surface area contributed by atoms with Gasteiger partial charge in [0.25, 0.3) is 0 Å². The van der Waals surface area contributed by atoms with E-state index < -0.39 is 11.6 Å². The summed E-state index contributed by atoms with van der Waals surface area (Å²) in [4.78, 5) is 13.2. The highest BCUT2D eigenvalue weighted by Gasteiger charge is 2.17. The van der Waals surface area contributed by atoms with Gasteiger partial charge in [-0.3, -0.25) is 4.98 Å². The molecular formula is C21H21F2N5. The fraction of sp³-hybridized carbons (Fsp3) is 0.286. The molecule has 1 aromatic carbocycles. The molecule has 0 atom stereocenters. The summed E-state index contributed by atoms with van der Waals surface area (Å²) in [5.41, 5.74) is 1.19. The summed E-state index contributed by atoms with van der Waals surface area (Å²) in [5, 5.41) is 6.14. The quantitative estimate of drug-likeness (QED) is 0.627. The number of rotatable bonds is 5. The number of aromatic nitrogens is 3. The second-order valence-corrected chi connectivity index (χ2v) is 6.90. The van der Waals surface area contributed by atoms with E-state index >= 15 is 0 Å². The minimum atomic E-state index is -0.677. The van der Waals surface area contributed by atoms with E-state index in [1.807, 2.05) is 12.1 Å². The number of nitrogens with one attached hydrogen (secondary N) is 2. The van der Waals surface area contributed by atoms with Gasteiger partial charge in [0.05, 0.1) is 5.69 Å². The summed E-state index contributed by atoms with van der Waals surface area (Å²) in [5.74, 6) is -0.602. The minimum Gasteiger partial charge on any atom is -0.351 e. The van der Waals surface area contributed by atoms with E-state index in [2.05, 4.69) is 25.6 Å². The monoisotopic (exact) mass is 381 g/mol. The van der Waals surface area contributed by atoms with Crippen molar-refractivity contribution in [1.29, 1.82) is 0 Å². The fourth-order valence-electron chi connectivity index (χ4n) is 3.41. The van der Waals surface area contributed by atoms with E-state index in [1.165, 1.54) is 37.5 Å². The SMILES string of the molecule is Fc1cccc(F)c1Nc1cc(-c2cccnc2)nc(NC2CCCCC2)n1. The zero-order valence-corrected chi connectivity index (χ0v) is 15.3. The Labute approximate surface area is 162 Å². The lowest BCUT2D eigenvalue weighted by Gasteiger charge is -2.23.